The van der Waals surface area contributed by atoms with Gasteiger partial charge in [0.05, 0.1) is 22.7 Å². The molecule has 3 saturated heterocycles. The Bertz CT molecular complexity index is 1630. The summed E-state index contributed by atoms with van der Waals surface area (Å²) in [6.45, 7) is 9.46. The van der Waals surface area contributed by atoms with Gasteiger partial charge in [-0.15, -0.1) is 0 Å². The Labute approximate surface area is 273 Å². The van der Waals surface area contributed by atoms with Crippen molar-refractivity contribution in [2.45, 2.75) is 59.4 Å². The second-order valence-electron chi connectivity index (χ2n) is 12.6. The summed E-state index contributed by atoms with van der Waals surface area (Å²) in [7, 11) is -2.22. The number of hydrogen-bond donors (Lipinski definition) is 0. The molecule has 0 saturated carbocycles. The Morgan fingerprint density at radius 3 is 2.09 bits per heavy atom. The molecule has 250 valence electrons. The van der Waals surface area contributed by atoms with Crippen LogP contribution in [0.3, 0.4) is 0 Å². The molecule has 0 spiro atoms. The molecule has 0 amide bonds. The third-order valence-electron chi connectivity index (χ3n) is 9.82. The minimum Gasteiger partial charge on any atom is -0.612 e. The molecule has 0 aliphatic carbocycles. The maximum atomic E-state index is 14.9. The third kappa shape index (κ3) is 6.72. The fourth-order valence-corrected chi connectivity index (χ4v) is 9.20. The molecular formula is C33H43F2N5O4S2. The van der Waals surface area contributed by atoms with Crippen molar-refractivity contribution in [3.63, 3.8) is 0 Å². The van der Waals surface area contributed by atoms with E-state index in [-0.39, 0.29) is 11.5 Å². The van der Waals surface area contributed by atoms with E-state index in [0.717, 1.165) is 77.1 Å². The molecule has 0 N–H and O–H groups in total. The largest absolute Gasteiger partial charge is 0.612 e. The van der Waals surface area contributed by atoms with Crippen LogP contribution in [0.25, 0.3) is 10.9 Å². The van der Waals surface area contributed by atoms with Gasteiger partial charge in [0.1, 0.15) is 11.2 Å². The van der Waals surface area contributed by atoms with Crippen LogP contribution in [-0.2, 0) is 21.0 Å². The Morgan fingerprint density at radius 1 is 0.913 bits per heavy atom. The van der Waals surface area contributed by atoms with E-state index in [0.29, 0.717) is 46.7 Å². The number of likely N-dealkylation sites (tertiary alicyclic amines) is 1. The van der Waals surface area contributed by atoms with Gasteiger partial charge in [-0.05, 0) is 88.2 Å². The van der Waals surface area contributed by atoms with Crippen LogP contribution in [0.4, 0.5) is 14.5 Å². The average molecular weight is 676 g/mol. The molecule has 9 nitrogen and oxygen atoms in total. The van der Waals surface area contributed by atoms with E-state index in [9.17, 15) is 21.8 Å². The molecule has 46 heavy (non-hydrogen) atoms. The number of anilines is 1. The van der Waals surface area contributed by atoms with Crippen molar-refractivity contribution in [3.05, 3.63) is 48.2 Å². The van der Waals surface area contributed by atoms with Crippen molar-refractivity contribution in [1.82, 2.24) is 19.7 Å². The molecule has 2 aromatic carbocycles. The molecule has 3 aliphatic rings. The standard InChI is InChI=1S/C33H43F2N5O4S2/c1-4-44-33-28(34)20-26(21-29(33)35)46(42,43)31-22-36-30-6-5-25(45(3)41)19-27(30)32(31)40-13-9-23(10-14-40)38-11-7-24(8-12-38)39-17-15-37(2)16-18-39/h5-6,19-24H,4,7-18H2,1-3H3. The fraction of sp³-hybridized carbons (Fsp3) is 0.545. The Hall–Kier alpha value is -2.55. The van der Waals surface area contributed by atoms with Gasteiger partial charge >= 0.3 is 0 Å². The zero-order valence-electron chi connectivity index (χ0n) is 26.8. The van der Waals surface area contributed by atoms with Crippen LogP contribution in [-0.4, -0.2) is 117 Å². The van der Waals surface area contributed by atoms with Gasteiger partial charge in [-0.3, -0.25) is 9.88 Å². The van der Waals surface area contributed by atoms with Crippen molar-refractivity contribution in [1.29, 1.82) is 0 Å². The first-order chi connectivity index (χ1) is 22.1. The summed E-state index contributed by atoms with van der Waals surface area (Å²) in [5.74, 6) is -2.78. The van der Waals surface area contributed by atoms with Crippen molar-refractivity contribution in [2.75, 3.05) is 77.2 Å². The number of halogens is 2. The lowest BCUT2D eigenvalue weighted by Gasteiger charge is -2.46. The van der Waals surface area contributed by atoms with Crippen molar-refractivity contribution < 1.29 is 26.5 Å². The van der Waals surface area contributed by atoms with Gasteiger partial charge in [0.2, 0.25) is 9.84 Å². The summed E-state index contributed by atoms with van der Waals surface area (Å²) in [6.07, 6.45) is 6.87. The molecule has 1 atom stereocenters. The number of nitrogens with zero attached hydrogens (tertiary/aromatic N) is 5. The fourth-order valence-electron chi connectivity index (χ4n) is 7.20. The number of piperidine rings is 2. The highest BCUT2D eigenvalue weighted by Gasteiger charge is 2.34. The predicted molar refractivity (Wildman–Crippen MR) is 176 cm³/mol. The molecule has 0 bridgehead atoms. The van der Waals surface area contributed by atoms with Crippen LogP contribution in [0.2, 0.25) is 0 Å². The van der Waals surface area contributed by atoms with Crippen molar-refractivity contribution in [3.8, 4) is 5.75 Å². The number of ether oxygens (including phenoxy) is 1. The molecule has 13 heteroatoms. The van der Waals surface area contributed by atoms with Crippen LogP contribution < -0.4 is 9.64 Å². The number of hydrogen-bond acceptors (Lipinski definition) is 9. The number of likely N-dealkylation sites (N-methyl/N-ethyl adjacent to an activating group) is 1. The number of fused-ring (bicyclic) bond motifs is 1. The number of piperazine rings is 1. The van der Waals surface area contributed by atoms with Gasteiger partial charge in [-0.2, -0.15) is 0 Å². The van der Waals surface area contributed by atoms with E-state index in [1.807, 2.05) is 4.90 Å². The minimum atomic E-state index is -4.41. The van der Waals surface area contributed by atoms with Gasteiger partial charge in [0, 0.05) is 69.0 Å². The molecule has 4 heterocycles. The van der Waals surface area contributed by atoms with E-state index in [4.69, 9.17) is 4.74 Å². The maximum absolute atomic E-state index is 14.9. The summed E-state index contributed by atoms with van der Waals surface area (Å²) in [5, 5.41) is 0.548. The number of benzene rings is 2. The van der Waals surface area contributed by atoms with Gasteiger partial charge in [-0.1, -0.05) is 0 Å². The Morgan fingerprint density at radius 2 is 1.50 bits per heavy atom. The highest BCUT2D eigenvalue weighted by molar-refractivity contribution is 7.91. The number of sulfone groups is 1. The van der Waals surface area contributed by atoms with Gasteiger partial charge in [-0.25, -0.2) is 17.2 Å². The normalized spacial score (nSPS) is 20.8. The average Bonchev–Trinajstić information content (AvgIpc) is 3.06. The zero-order chi connectivity index (χ0) is 32.6. The van der Waals surface area contributed by atoms with E-state index in [1.54, 1.807) is 31.4 Å². The highest BCUT2D eigenvalue weighted by Crippen LogP contribution is 2.39. The number of pyridine rings is 1. The summed E-state index contributed by atoms with van der Waals surface area (Å²) in [5.41, 5.74) is 0.986. The minimum absolute atomic E-state index is 0.0318. The highest BCUT2D eigenvalue weighted by atomic mass is 32.2. The molecular weight excluding hydrogens is 633 g/mol. The van der Waals surface area contributed by atoms with E-state index in [2.05, 4.69) is 26.7 Å². The number of rotatable bonds is 8. The molecule has 1 unspecified atom stereocenters. The van der Waals surface area contributed by atoms with E-state index >= 15 is 0 Å². The van der Waals surface area contributed by atoms with Gasteiger partial charge in [0.25, 0.3) is 0 Å². The number of aromatic nitrogens is 1. The van der Waals surface area contributed by atoms with Crippen LogP contribution in [0, 0.1) is 11.6 Å². The maximum Gasteiger partial charge on any atom is 0.210 e. The van der Waals surface area contributed by atoms with E-state index in [1.165, 1.54) is 6.20 Å². The summed E-state index contributed by atoms with van der Waals surface area (Å²) >= 11 is -1.31. The lowest BCUT2D eigenvalue weighted by atomic mass is 9.96. The van der Waals surface area contributed by atoms with E-state index < -0.39 is 43.3 Å². The monoisotopic (exact) mass is 675 g/mol. The quantitative estimate of drug-likeness (QED) is 0.327. The third-order valence-corrected chi connectivity index (χ3v) is 12.5. The van der Waals surface area contributed by atoms with Crippen molar-refractivity contribution in [2.24, 2.45) is 0 Å². The summed E-state index contributed by atoms with van der Waals surface area (Å²) in [4.78, 5) is 14.0. The molecule has 3 aromatic rings. The lowest BCUT2D eigenvalue weighted by Crippen LogP contribution is -2.54. The zero-order valence-corrected chi connectivity index (χ0v) is 28.4. The Balaban J connectivity index is 1.27. The summed E-state index contributed by atoms with van der Waals surface area (Å²) in [6, 6.07) is 7.81. The SMILES string of the molecule is CCOc1c(F)cc(S(=O)(=O)c2cnc3ccc([S+](C)[O-])cc3c2N2CCC(N3CCC(N4CCN(C)CC4)CC3)CC2)cc1F. The topological polar surface area (TPSA) is 92.3 Å². The second-order valence-corrected chi connectivity index (χ2v) is 15.9. The molecule has 1 aromatic heterocycles. The predicted octanol–water partition coefficient (Wildman–Crippen LogP) is 4.16. The summed E-state index contributed by atoms with van der Waals surface area (Å²) < 4.78 is 75.4. The smallest absolute Gasteiger partial charge is 0.210 e. The van der Waals surface area contributed by atoms with Gasteiger partial charge in [0.15, 0.2) is 22.3 Å². The molecule has 6 rings (SSSR count). The van der Waals surface area contributed by atoms with Gasteiger partial charge < -0.3 is 24.0 Å². The van der Waals surface area contributed by atoms with Crippen LogP contribution in [0.1, 0.15) is 32.6 Å². The van der Waals surface area contributed by atoms with Crippen LogP contribution in [0.15, 0.2) is 51.2 Å². The first-order valence-corrected chi connectivity index (χ1v) is 19.2. The second kappa shape index (κ2) is 13.9. The first kappa shape index (κ1) is 33.4. The lowest BCUT2D eigenvalue weighted by molar-refractivity contribution is 0.0495. The van der Waals surface area contributed by atoms with Crippen LogP contribution >= 0.6 is 0 Å². The van der Waals surface area contributed by atoms with Crippen molar-refractivity contribution >= 4 is 37.6 Å². The Kier molecular flexibility index (Phi) is 10.1. The first-order valence-electron chi connectivity index (χ1n) is 16.1. The van der Waals surface area contributed by atoms with Crippen LogP contribution in [0.5, 0.6) is 5.75 Å². The molecule has 3 aliphatic heterocycles. The molecule has 3 fully saturated rings. The molecule has 0 radical (unpaired) electrons.